The molecule has 4 aromatic rings. The van der Waals surface area contributed by atoms with Crippen LogP contribution in [0.1, 0.15) is 18.1 Å². The molecule has 158 valence electrons. The van der Waals surface area contributed by atoms with Gasteiger partial charge < -0.3 is 9.15 Å². The molecule has 0 amide bonds. The van der Waals surface area contributed by atoms with Crippen molar-refractivity contribution in [2.75, 3.05) is 7.11 Å². The van der Waals surface area contributed by atoms with Crippen LogP contribution in [0, 0.1) is 0 Å². The largest absolute Gasteiger partial charge is 0.496 e. The summed E-state index contributed by atoms with van der Waals surface area (Å²) in [5.41, 5.74) is 3.17. The molecule has 2 aromatic carbocycles. The van der Waals surface area contributed by atoms with E-state index in [1.807, 2.05) is 47.0 Å². The molecule has 0 saturated heterocycles. The molecule has 0 N–H and O–H groups in total. The van der Waals surface area contributed by atoms with E-state index < -0.39 is 0 Å². The minimum absolute atomic E-state index is 0.348. The maximum atomic E-state index is 12.1. The highest BCUT2D eigenvalue weighted by molar-refractivity contribution is 7.98. The van der Waals surface area contributed by atoms with E-state index in [4.69, 9.17) is 9.15 Å². The molecule has 6 nitrogen and oxygen atoms in total. The van der Waals surface area contributed by atoms with Crippen LogP contribution in [0.4, 0.5) is 0 Å². The lowest BCUT2D eigenvalue weighted by Crippen LogP contribution is -2.03. The Morgan fingerprint density at radius 3 is 2.81 bits per heavy atom. The average molecular weight is 434 g/mol. The first kappa shape index (κ1) is 20.9. The Balaban J connectivity index is 1.69. The molecule has 0 aliphatic rings. The summed E-state index contributed by atoms with van der Waals surface area (Å²) in [5.74, 6) is 2.01. The quantitative estimate of drug-likeness (QED) is 0.219. The number of aromatic nitrogens is 3. The van der Waals surface area contributed by atoms with Gasteiger partial charge >= 0.3 is 5.63 Å². The van der Waals surface area contributed by atoms with E-state index in [-0.39, 0.29) is 5.63 Å². The number of para-hydroxylation sites is 1. The summed E-state index contributed by atoms with van der Waals surface area (Å²) in [6.07, 6.45) is 2.69. The number of benzene rings is 2. The third-order valence-corrected chi connectivity index (χ3v) is 6.05. The highest BCUT2D eigenvalue weighted by atomic mass is 32.2. The molecule has 2 heterocycles. The molecule has 0 fully saturated rings. The maximum absolute atomic E-state index is 12.1. The molecule has 0 saturated carbocycles. The van der Waals surface area contributed by atoms with Gasteiger partial charge in [0.15, 0.2) is 11.0 Å². The molecule has 7 heteroatoms. The molecule has 0 aliphatic heterocycles. The van der Waals surface area contributed by atoms with Crippen LogP contribution in [0.2, 0.25) is 0 Å². The summed E-state index contributed by atoms with van der Waals surface area (Å²) in [6, 6.07) is 15.3. The summed E-state index contributed by atoms with van der Waals surface area (Å²) in [6.45, 7) is 6.50. The van der Waals surface area contributed by atoms with E-state index >= 15 is 0 Å². The van der Waals surface area contributed by atoms with Crippen LogP contribution in [-0.2, 0) is 18.7 Å². The number of nitrogens with zero attached hydrogens (tertiary/aromatic N) is 3. The molecular formula is C24H23N3O3S. The Kier molecular flexibility index (Phi) is 6.23. The molecule has 31 heavy (non-hydrogen) atoms. The standard InChI is InChI=1S/C24H23N3O3S/c1-4-12-27-23(19-8-6-7-9-20(19)29-3)25-26-24(27)31-15-17-14-22(28)30-21-13-16(5-2)10-11-18(17)21/h4,6-11,13-14H,1,5,12,15H2,2-3H3. The predicted octanol–water partition coefficient (Wildman–Crippen LogP) is 5.10. The van der Waals surface area contributed by atoms with E-state index in [0.29, 0.717) is 23.7 Å². The van der Waals surface area contributed by atoms with E-state index in [1.165, 1.54) is 11.8 Å². The van der Waals surface area contributed by atoms with Crippen molar-refractivity contribution in [3.05, 3.63) is 82.7 Å². The first-order valence-electron chi connectivity index (χ1n) is 10.0. The first-order chi connectivity index (χ1) is 15.1. The fraction of sp³-hybridized carbons (Fsp3) is 0.208. The summed E-state index contributed by atoms with van der Waals surface area (Å²) < 4.78 is 12.9. The van der Waals surface area contributed by atoms with Gasteiger partial charge in [-0.1, -0.05) is 49.0 Å². The third kappa shape index (κ3) is 4.27. The molecule has 4 rings (SSSR count). The molecule has 0 unspecified atom stereocenters. The molecule has 0 radical (unpaired) electrons. The van der Waals surface area contributed by atoms with Gasteiger partial charge in [0.1, 0.15) is 11.3 Å². The molecule has 0 atom stereocenters. The van der Waals surface area contributed by atoms with Crippen molar-refractivity contribution in [2.24, 2.45) is 0 Å². The zero-order valence-electron chi connectivity index (χ0n) is 17.5. The Morgan fingerprint density at radius 1 is 1.19 bits per heavy atom. The molecule has 0 aliphatic carbocycles. The molecule has 0 spiro atoms. The van der Waals surface area contributed by atoms with Crippen molar-refractivity contribution in [3.63, 3.8) is 0 Å². The Hall–Kier alpha value is -3.32. The third-order valence-electron chi connectivity index (χ3n) is 5.04. The fourth-order valence-electron chi connectivity index (χ4n) is 3.47. The van der Waals surface area contributed by atoms with Crippen LogP contribution in [-0.4, -0.2) is 21.9 Å². The van der Waals surface area contributed by atoms with Crippen molar-refractivity contribution in [2.45, 2.75) is 30.8 Å². The maximum Gasteiger partial charge on any atom is 0.336 e. The normalized spacial score (nSPS) is 11.0. The topological polar surface area (TPSA) is 70.2 Å². The van der Waals surface area contributed by atoms with E-state index in [0.717, 1.165) is 39.4 Å². The Bertz CT molecular complexity index is 1290. The van der Waals surface area contributed by atoms with Crippen LogP contribution in [0.3, 0.4) is 0 Å². The highest BCUT2D eigenvalue weighted by Crippen LogP contribution is 2.32. The minimum Gasteiger partial charge on any atom is -0.496 e. The number of allylic oxidation sites excluding steroid dienone is 1. The van der Waals surface area contributed by atoms with Crippen LogP contribution in [0.15, 0.2) is 75.6 Å². The second-order valence-electron chi connectivity index (χ2n) is 6.97. The predicted molar refractivity (Wildman–Crippen MR) is 124 cm³/mol. The van der Waals surface area contributed by atoms with Gasteiger partial charge in [-0.25, -0.2) is 4.79 Å². The number of ether oxygens (including phenoxy) is 1. The molecular weight excluding hydrogens is 410 g/mol. The zero-order valence-corrected chi connectivity index (χ0v) is 18.3. The number of hydrogen-bond donors (Lipinski definition) is 0. The second kappa shape index (κ2) is 9.22. The number of methoxy groups -OCH3 is 1. The van der Waals surface area contributed by atoms with Crippen molar-refractivity contribution in [3.8, 4) is 17.1 Å². The van der Waals surface area contributed by atoms with Gasteiger partial charge in [-0.05, 0) is 35.7 Å². The second-order valence-corrected chi connectivity index (χ2v) is 7.91. The lowest BCUT2D eigenvalue weighted by molar-refractivity contribution is 0.416. The van der Waals surface area contributed by atoms with Gasteiger partial charge in [-0.3, -0.25) is 4.57 Å². The number of aryl methyl sites for hydroxylation is 1. The van der Waals surface area contributed by atoms with Gasteiger partial charge in [-0.2, -0.15) is 0 Å². The van der Waals surface area contributed by atoms with Gasteiger partial charge in [0.2, 0.25) is 0 Å². The SMILES string of the molecule is C=CCn1c(SCc2cc(=O)oc3cc(CC)ccc23)nnc1-c1ccccc1OC. The van der Waals surface area contributed by atoms with Gasteiger partial charge in [0, 0.05) is 23.8 Å². The molecule has 0 bridgehead atoms. The van der Waals surface area contributed by atoms with Crippen molar-refractivity contribution in [1.29, 1.82) is 0 Å². The Morgan fingerprint density at radius 2 is 2.03 bits per heavy atom. The van der Waals surface area contributed by atoms with Crippen molar-refractivity contribution < 1.29 is 9.15 Å². The van der Waals surface area contributed by atoms with Crippen LogP contribution in [0.25, 0.3) is 22.4 Å². The number of fused-ring (bicyclic) bond motifs is 1. The first-order valence-corrected chi connectivity index (χ1v) is 11.0. The number of hydrogen-bond acceptors (Lipinski definition) is 6. The summed E-state index contributed by atoms with van der Waals surface area (Å²) in [4.78, 5) is 12.1. The number of thioether (sulfide) groups is 1. The highest BCUT2D eigenvalue weighted by Gasteiger charge is 2.17. The van der Waals surface area contributed by atoms with Gasteiger partial charge in [0.25, 0.3) is 0 Å². The lowest BCUT2D eigenvalue weighted by atomic mass is 10.1. The number of rotatable bonds is 8. The summed E-state index contributed by atoms with van der Waals surface area (Å²) >= 11 is 1.52. The minimum atomic E-state index is -0.348. The Labute approximate surface area is 184 Å². The van der Waals surface area contributed by atoms with Crippen LogP contribution in [0.5, 0.6) is 5.75 Å². The summed E-state index contributed by atoms with van der Waals surface area (Å²) in [5, 5.41) is 10.5. The van der Waals surface area contributed by atoms with Crippen molar-refractivity contribution in [1.82, 2.24) is 14.8 Å². The molecule has 2 aromatic heterocycles. The van der Waals surface area contributed by atoms with Gasteiger partial charge in [0.05, 0.1) is 12.7 Å². The smallest absolute Gasteiger partial charge is 0.336 e. The lowest BCUT2D eigenvalue weighted by Gasteiger charge is -2.11. The van der Waals surface area contributed by atoms with E-state index in [1.54, 1.807) is 13.2 Å². The monoisotopic (exact) mass is 433 g/mol. The van der Waals surface area contributed by atoms with E-state index in [2.05, 4.69) is 29.8 Å². The van der Waals surface area contributed by atoms with Crippen molar-refractivity contribution >= 4 is 22.7 Å². The van der Waals surface area contributed by atoms with Crippen LogP contribution < -0.4 is 10.4 Å². The van der Waals surface area contributed by atoms with Gasteiger partial charge in [-0.15, -0.1) is 16.8 Å². The fourth-order valence-corrected chi connectivity index (χ4v) is 4.41. The zero-order chi connectivity index (χ0) is 21.8. The van der Waals surface area contributed by atoms with Crippen LogP contribution >= 0.6 is 11.8 Å². The average Bonchev–Trinajstić information content (AvgIpc) is 3.19. The van der Waals surface area contributed by atoms with E-state index in [9.17, 15) is 4.79 Å². The summed E-state index contributed by atoms with van der Waals surface area (Å²) in [7, 11) is 1.64.